The van der Waals surface area contributed by atoms with E-state index < -0.39 is 0 Å². The Bertz CT molecular complexity index is 544. The Balaban J connectivity index is 2.00. The highest BCUT2D eigenvalue weighted by Crippen LogP contribution is 2.33. The number of methoxy groups -OCH3 is 2. The summed E-state index contributed by atoms with van der Waals surface area (Å²) in [6.07, 6.45) is 2.39. The number of amides is 1. The first kappa shape index (κ1) is 15.6. The number of carbonyl (C=O) groups is 1. The average Bonchev–Trinajstić information content (AvgIpc) is 3.28. The highest BCUT2D eigenvalue weighted by molar-refractivity contribution is 7.80. The minimum Gasteiger partial charge on any atom is -0.493 e. The molecule has 1 atom stereocenters. The van der Waals surface area contributed by atoms with E-state index in [4.69, 9.17) is 27.4 Å². The molecule has 1 aromatic rings. The van der Waals surface area contributed by atoms with E-state index in [1.54, 1.807) is 26.4 Å². The topological polar surface area (TPSA) is 73.6 Å². The molecule has 5 nitrogen and oxygen atoms in total. The molecule has 1 unspecified atom stereocenters. The maximum absolute atomic E-state index is 12.1. The molecule has 1 aromatic carbocycles. The van der Waals surface area contributed by atoms with Crippen molar-refractivity contribution in [3.8, 4) is 11.5 Å². The second kappa shape index (κ2) is 6.76. The van der Waals surface area contributed by atoms with Crippen LogP contribution in [0.2, 0.25) is 0 Å². The summed E-state index contributed by atoms with van der Waals surface area (Å²) in [5.74, 6) is 1.56. The van der Waals surface area contributed by atoms with E-state index >= 15 is 0 Å². The molecule has 0 aromatic heterocycles. The molecular formula is C15H20N2O3S. The minimum absolute atomic E-state index is 0.0908. The van der Waals surface area contributed by atoms with E-state index in [-0.39, 0.29) is 18.4 Å². The Labute approximate surface area is 129 Å². The lowest BCUT2D eigenvalue weighted by atomic mass is 10.1. The van der Waals surface area contributed by atoms with Gasteiger partial charge in [-0.1, -0.05) is 18.3 Å². The van der Waals surface area contributed by atoms with Crippen LogP contribution in [0.1, 0.15) is 18.4 Å². The zero-order valence-corrected chi connectivity index (χ0v) is 13.0. The van der Waals surface area contributed by atoms with Crippen LogP contribution in [0.25, 0.3) is 0 Å². The van der Waals surface area contributed by atoms with E-state index in [9.17, 15) is 4.79 Å². The lowest BCUT2D eigenvalue weighted by Gasteiger charge is -2.17. The molecule has 21 heavy (non-hydrogen) atoms. The van der Waals surface area contributed by atoms with E-state index in [0.29, 0.717) is 22.4 Å². The van der Waals surface area contributed by atoms with Crippen LogP contribution in [0.3, 0.4) is 0 Å². The van der Waals surface area contributed by atoms with Crippen LogP contribution in [-0.4, -0.2) is 31.2 Å². The van der Waals surface area contributed by atoms with Crippen molar-refractivity contribution in [2.75, 3.05) is 14.2 Å². The van der Waals surface area contributed by atoms with Crippen molar-refractivity contribution in [2.24, 2.45) is 11.7 Å². The molecule has 3 N–H and O–H groups in total. The van der Waals surface area contributed by atoms with Crippen molar-refractivity contribution in [1.29, 1.82) is 0 Å². The smallest absolute Gasteiger partial charge is 0.224 e. The van der Waals surface area contributed by atoms with Crippen LogP contribution < -0.4 is 20.5 Å². The molecule has 0 heterocycles. The first-order valence-corrected chi connectivity index (χ1v) is 7.25. The summed E-state index contributed by atoms with van der Waals surface area (Å²) in [4.78, 5) is 12.5. The second-order valence-corrected chi connectivity index (χ2v) is 5.62. The number of ether oxygens (including phenoxy) is 2. The summed E-state index contributed by atoms with van der Waals surface area (Å²) in [5, 5.41) is 2.92. The maximum atomic E-state index is 12.1. The SMILES string of the molecule is COc1ccc(CC(=O)NC(C(N)=S)C2CC2)cc1OC. The Hall–Kier alpha value is -1.82. The normalized spacial score (nSPS) is 15.1. The van der Waals surface area contributed by atoms with Gasteiger partial charge in [0.25, 0.3) is 0 Å². The van der Waals surface area contributed by atoms with Crippen molar-refractivity contribution in [1.82, 2.24) is 5.32 Å². The van der Waals surface area contributed by atoms with Crippen LogP contribution in [0.15, 0.2) is 18.2 Å². The molecule has 0 radical (unpaired) electrons. The van der Waals surface area contributed by atoms with Gasteiger partial charge in [0.2, 0.25) is 5.91 Å². The van der Waals surface area contributed by atoms with Crippen LogP contribution in [0.4, 0.5) is 0 Å². The van der Waals surface area contributed by atoms with Crippen molar-refractivity contribution in [2.45, 2.75) is 25.3 Å². The Kier molecular flexibility index (Phi) is 5.01. The molecule has 1 aliphatic rings. The number of thiocarbonyl (C=S) groups is 1. The summed E-state index contributed by atoms with van der Waals surface area (Å²) >= 11 is 5.02. The molecule has 1 aliphatic carbocycles. The molecule has 0 bridgehead atoms. The van der Waals surface area contributed by atoms with E-state index in [0.717, 1.165) is 18.4 Å². The van der Waals surface area contributed by atoms with E-state index in [1.165, 1.54) is 0 Å². The summed E-state index contributed by atoms with van der Waals surface area (Å²) in [5.41, 5.74) is 6.53. The monoisotopic (exact) mass is 308 g/mol. The minimum atomic E-state index is -0.187. The molecule has 0 spiro atoms. The van der Waals surface area contributed by atoms with Gasteiger partial charge in [-0.15, -0.1) is 0 Å². The zero-order valence-electron chi connectivity index (χ0n) is 12.2. The number of benzene rings is 1. The molecule has 2 rings (SSSR count). The van der Waals surface area contributed by atoms with Crippen LogP contribution in [-0.2, 0) is 11.2 Å². The van der Waals surface area contributed by atoms with Gasteiger partial charge in [-0.25, -0.2) is 0 Å². The predicted molar refractivity (Wildman–Crippen MR) is 84.7 cm³/mol. The average molecular weight is 308 g/mol. The number of rotatable bonds is 7. The largest absolute Gasteiger partial charge is 0.493 e. The van der Waals surface area contributed by atoms with Crippen molar-refractivity contribution in [3.05, 3.63) is 23.8 Å². The summed E-state index contributed by atoms with van der Waals surface area (Å²) < 4.78 is 10.4. The molecule has 1 fully saturated rings. The lowest BCUT2D eigenvalue weighted by Crippen LogP contribution is -2.45. The van der Waals surface area contributed by atoms with Gasteiger partial charge in [-0.05, 0) is 36.5 Å². The van der Waals surface area contributed by atoms with Gasteiger partial charge in [-0.2, -0.15) is 0 Å². The standard InChI is InChI=1S/C15H20N2O3S/c1-19-11-6-3-9(7-12(11)20-2)8-13(18)17-14(15(16)21)10-4-5-10/h3,6-7,10,14H,4-5,8H2,1-2H3,(H2,16,21)(H,17,18). The fraction of sp³-hybridized carbons (Fsp3) is 0.467. The number of nitrogens with one attached hydrogen (secondary N) is 1. The van der Waals surface area contributed by atoms with Crippen LogP contribution in [0.5, 0.6) is 11.5 Å². The van der Waals surface area contributed by atoms with Gasteiger partial charge in [-0.3, -0.25) is 4.79 Å². The van der Waals surface area contributed by atoms with Crippen molar-refractivity contribution in [3.63, 3.8) is 0 Å². The molecule has 6 heteroatoms. The number of carbonyl (C=O) groups excluding carboxylic acids is 1. The fourth-order valence-corrected chi connectivity index (χ4v) is 2.50. The third kappa shape index (κ3) is 4.07. The first-order chi connectivity index (χ1) is 10.0. The zero-order chi connectivity index (χ0) is 15.4. The van der Waals surface area contributed by atoms with Gasteiger partial charge < -0.3 is 20.5 Å². The molecule has 1 amide bonds. The molecule has 114 valence electrons. The molecule has 0 saturated heterocycles. The van der Waals surface area contributed by atoms with Gasteiger partial charge in [0, 0.05) is 0 Å². The Morgan fingerprint density at radius 3 is 2.57 bits per heavy atom. The summed E-state index contributed by atoms with van der Waals surface area (Å²) in [7, 11) is 3.14. The highest BCUT2D eigenvalue weighted by Gasteiger charge is 2.34. The third-order valence-corrected chi connectivity index (χ3v) is 3.78. The third-order valence-electron chi connectivity index (χ3n) is 3.53. The van der Waals surface area contributed by atoms with Crippen molar-refractivity contribution < 1.29 is 14.3 Å². The van der Waals surface area contributed by atoms with Gasteiger partial charge >= 0.3 is 0 Å². The molecule has 0 aliphatic heterocycles. The lowest BCUT2D eigenvalue weighted by molar-refractivity contribution is -0.120. The highest BCUT2D eigenvalue weighted by atomic mass is 32.1. The van der Waals surface area contributed by atoms with Crippen molar-refractivity contribution >= 4 is 23.1 Å². The summed E-state index contributed by atoms with van der Waals surface area (Å²) in [6.45, 7) is 0. The quantitative estimate of drug-likeness (QED) is 0.745. The Morgan fingerprint density at radius 2 is 2.05 bits per heavy atom. The number of hydrogen-bond acceptors (Lipinski definition) is 4. The molecular weight excluding hydrogens is 288 g/mol. The van der Waals surface area contributed by atoms with Gasteiger partial charge in [0.1, 0.15) is 0 Å². The van der Waals surface area contributed by atoms with Crippen LogP contribution >= 0.6 is 12.2 Å². The summed E-state index contributed by atoms with van der Waals surface area (Å²) in [6, 6.07) is 5.24. The maximum Gasteiger partial charge on any atom is 0.224 e. The molecule has 1 saturated carbocycles. The fourth-order valence-electron chi connectivity index (χ4n) is 2.25. The van der Waals surface area contributed by atoms with Crippen LogP contribution in [0, 0.1) is 5.92 Å². The predicted octanol–water partition coefficient (Wildman–Crippen LogP) is 1.43. The second-order valence-electron chi connectivity index (χ2n) is 5.15. The number of hydrogen-bond donors (Lipinski definition) is 2. The van der Waals surface area contributed by atoms with Gasteiger partial charge in [0.15, 0.2) is 11.5 Å². The Morgan fingerprint density at radius 1 is 1.38 bits per heavy atom. The number of nitrogens with two attached hydrogens (primary N) is 1. The first-order valence-electron chi connectivity index (χ1n) is 6.84. The van der Waals surface area contributed by atoms with Gasteiger partial charge in [0.05, 0.1) is 31.7 Å². The van der Waals surface area contributed by atoms with E-state index in [2.05, 4.69) is 5.32 Å². The van der Waals surface area contributed by atoms with E-state index in [1.807, 2.05) is 6.07 Å².